The van der Waals surface area contributed by atoms with Gasteiger partial charge in [-0.15, -0.1) is 0 Å². The molecule has 0 amide bonds. The SMILES string of the molecule is Cc1c(Cl)nc(Cl)c(C#N)c1C1CC1. The fourth-order valence-electron chi connectivity index (χ4n) is 1.62. The highest BCUT2D eigenvalue weighted by Crippen LogP contribution is 2.45. The van der Waals surface area contributed by atoms with Gasteiger partial charge >= 0.3 is 0 Å². The van der Waals surface area contributed by atoms with Crippen molar-refractivity contribution in [3.05, 3.63) is 27.0 Å². The van der Waals surface area contributed by atoms with Crippen LogP contribution in [0.4, 0.5) is 0 Å². The van der Waals surface area contributed by atoms with Gasteiger partial charge in [0.05, 0.1) is 5.56 Å². The number of nitrogens with zero attached hydrogens (tertiary/aromatic N) is 2. The van der Waals surface area contributed by atoms with Gasteiger partial charge in [0.1, 0.15) is 16.4 Å². The normalized spacial score (nSPS) is 15.3. The van der Waals surface area contributed by atoms with Crippen molar-refractivity contribution in [2.45, 2.75) is 25.7 Å². The van der Waals surface area contributed by atoms with Crippen molar-refractivity contribution >= 4 is 23.2 Å². The van der Waals surface area contributed by atoms with E-state index in [0.717, 1.165) is 24.0 Å². The lowest BCUT2D eigenvalue weighted by Gasteiger charge is -2.08. The molecule has 0 aromatic carbocycles. The van der Waals surface area contributed by atoms with Crippen molar-refractivity contribution in [3.8, 4) is 6.07 Å². The van der Waals surface area contributed by atoms with E-state index in [1.165, 1.54) is 0 Å². The van der Waals surface area contributed by atoms with Crippen LogP contribution in [0.15, 0.2) is 0 Å². The molecule has 0 spiro atoms. The van der Waals surface area contributed by atoms with Crippen molar-refractivity contribution in [2.75, 3.05) is 0 Å². The fourth-order valence-corrected chi connectivity index (χ4v) is 2.08. The summed E-state index contributed by atoms with van der Waals surface area (Å²) in [5, 5.41) is 9.61. The Labute approximate surface area is 92.5 Å². The number of rotatable bonds is 1. The standard InChI is InChI=1S/C10H8Cl2N2/c1-5-8(6-2-3-6)7(4-13)10(12)14-9(5)11/h6H,2-3H2,1H3. The first-order chi connectivity index (χ1) is 6.65. The molecule has 1 aromatic heterocycles. The molecule has 2 rings (SSSR count). The van der Waals surface area contributed by atoms with Gasteiger partial charge in [-0.2, -0.15) is 5.26 Å². The molecule has 0 atom stereocenters. The highest BCUT2D eigenvalue weighted by Gasteiger charge is 2.30. The van der Waals surface area contributed by atoms with Crippen LogP contribution in [0, 0.1) is 18.3 Å². The summed E-state index contributed by atoms with van der Waals surface area (Å²) in [5.41, 5.74) is 2.39. The Kier molecular flexibility index (Phi) is 2.38. The maximum atomic E-state index is 8.97. The van der Waals surface area contributed by atoms with Crippen LogP contribution in [-0.4, -0.2) is 4.98 Å². The smallest absolute Gasteiger partial charge is 0.148 e. The van der Waals surface area contributed by atoms with Crippen LogP contribution in [0.5, 0.6) is 0 Å². The molecule has 1 fully saturated rings. The maximum absolute atomic E-state index is 8.97. The van der Waals surface area contributed by atoms with Gasteiger partial charge in [0.2, 0.25) is 0 Å². The second kappa shape index (κ2) is 3.42. The molecule has 2 nitrogen and oxygen atoms in total. The van der Waals surface area contributed by atoms with E-state index in [1.54, 1.807) is 0 Å². The summed E-state index contributed by atoms with van der Waals surface area (Å²) in [6, 6.07) is 2.10. The van der Waals surface area contributed by atoms with Gasteiger partial charge in [-0.1, -0.05) is 23.2 Å². The quantitative estimate of drug-likeness (QED) is 0.689. The van der Waals surface area contributed by atoms with Crippen molar-refractivity contribution in [1.29, 1.82) is 5.26 Å². The van der Waals surface area contributed by atoms with Gasteiger partial charge in [-0.05, 0) is 36.8 Å². The summed E-state index contributed by atoms with van der Waals surface area (Å²) in [5.74, 6) is 0.461. The van der Waals surface area contributed by atoms with Crippen molar-refractivity contribution in [3.63, 3.8) is 0 Å². The van der Waals surface area contributed by atoms with Crippen LogP contribution in [0.3, 0.4) is 0 Å². The molecule has 0 N–H and O–H groups in total. The van der Waals surface area contributed by atoms with Gasteiger partial charge in [0.15, 0.2) is 0 Å². The minimum absolute atomic E-state index is 0.227. The summed E-state index contributed by atoms with van der Waals surface area (Å²) in [4.78, 5) is 3.92. The summed E-state index contributed by atoms with van der Waals surface area (Å²) in [6.45, 7) is 1.89. The number of hydrogen-bond donors (Lipinski definition) is 0. The number of hydrogen-bond acceptors (Lipinski definition) is 2. The van der Waals surface area contributed by atoms with Crippen LogP contribution < -0.4 is 0 Å². The average molecular weight is 227 g/mol. The maximum Gasteiger partial charge on any atom is 0.148 e. The molecule has 72 valence electrons. The number of nitriles is 1. The van der Waals surface area contributed by atoms with Gasteiger partial charge in [-0.25, -0.2) is 4.98 Å². The molecule has 1 heterocycles. The van der Waals surface area contributed by atoms with E-state index in [1.807, 2.05) is 6.92 Å². The number of halogens is 2. The molecule has 1 aliphatic rings. The van der Waals surface area contributed by atoms with Crippen LogP contribution in [-0.2, 0) is 0 Å². The lowest BCUT2D eigenvalue weighted by atomic mass is 10.0. The predicted octanol–water partition coefficient (Wildman–Crippen LogP) is 3.45. The lowest BCUT2D eigenvalue weighted by Crippen LogP contribution is -1.97. The van der Waals surface area contributed by atoms with Crippen LogP contribution in [0.2, 0.25) is 10.3 Å². The van der Waals surface area contributed by atoms with Crippen molar-refractivity contribution < 1.29 is 0 Å². The topological polar surface area (TPSA) is 36.7 Å². The summed E-state index contributed by atoms with van der Waals surface area (Å²) in [7, 11) is 0. The Hall–Kier alpha value is -0.780. The third kappa shape index (κ3) is 1.47. The summed E-state index contributed by atoms with van der Waals surface area (Å²) >= 11 is 11.8. The van der Waals surface area contributed by atoms with E-state index in [9.17, 15) is 0 Å². The van der Waals surface area contributed by atoms with Gasteiger partial charge in [-0.3, -0.25) is 0 Å². The number of aromatic nitrogens is 1. The molecular weight excluding hydrogens is 219 g/mol. The summed E-state index contributed by atoms with van der Waals surface area (Å²) in [6.07, 6.45) is 2.23. The highest BCUT2D eigenvalue weighted by molar-refractivity contribution is 6.33. The molecule has 0 saturated heterocycles. The Bertz CT molecular complexity index is 431. The van der Waals surface area contributed by atoms with E-state index >= 15 is 0 Å². The third-order valence-electron chi connectivity index (χ3n) is 2.48. The van der Waals surface area contributed by atoms with E-state index in [0.29, 0.717) is 16.6 Å². The lowest BCUT2D eigenvalue weighted by molar-refractivity contribution is 1.06. The second-order valence-corrected chi connectivity index (χ2v) is 4.21. The zero-order valence-corrected chi connectivity index (χ0v) is 9.15. The minimum Gasteiger partial charge on any atom is -0.223 e. The monoisotopic (exact) mass is 226 g/mol. The molecular formula is C10H8Cl2N2. The molecule has 1 saturated carbocycles. The largest absolute Gasteiger partial charge is 0.223 e. The first-order valence-corrected chi connectivity index (χ1v) is 5.16. The Balaban J connectivity index is 2.69. The Morgan fingerprint density at radius 3 is 2.50 bits per heavy atom. The highest BCUT2D eigenvalue weighted by atomic mass is 35.5. The van der Waals surface area contributed by atoms with Crippen LogP contribution >= 0.6 is 23.2 Å². The zero-order valence-electron chi connectivity index (χ0n) is 7.64. The van der Waals surface area contributed by atoms with Gasteiger partial charge in [0.25, 0.3) is 0 Å². The van der Waals surface area contributed by atoms with Crippen molar-refractivity contribution in [2.24, 2.45) is 0 Å². The molecule has 0 aliphatic heterocycles. The van der Waals surface area contributed by atoms with E-state index in [-0.39, 0.29) is 5.15 Å². The molecule has 0 unspecified atom stereocenters. The number of pyridine rings is 1. The Morgan fingerprint density at radius 2 is 2.00 bits per heavy atom. The molecule has 4 heteroatoms. The summed E-state index contributed by atoms with van der Waals surface area (Å²) < 4.78 is 0. The van der Waals surface area contributed by atoms with E-state index < -0.39 is 0 Å². The van der Waals surface area contributed by atoms with E-state index in [4.69, 9.17) is 28.5 Å². The zero-order chi connectivity index (χ0) is 10.3. The van der Waals surface area contributed by atoms with Gasteiger partial charge in [0, 0.05) is 0 Å². The Morgan fingerprint density at radius 1 is 1.36 bits per heavy atom. The molecule has 0 bridgehead atoms. The third-order valence-corrected chi connectivity index (χ3v) is 3.12. The molecule has 0 radical (unpaired) electrons. The average Bonchev–Trinajstić information content (AvgIpc) is 2.94. The first kappa shape index (κ1) is 9.76. The molecule has 1 aromatic rings. The minimum atomic E-state index is 0.227. The first-order valence-electron chi connectivity index (χ1n) is 4.40. The fraction of sp³-hybridized carbons (Fsp3) is 0.400. The predicted molar refractivity (Wildman–Crippen MR) is 55.7 cm³/mol. The molecule has 1 aliphatic carbocycles. The van der Waals surface area contributed by atoms with Crippen molar-refractivity contribution in [1.82, 2.24) is 4.98 Å². The van der Waals surface area contributed by atoms with E-state index in [2.05, 4.69) is 11.1 Å². The van der Waals surface area contributed by atoms with Crippen LogP contribution in [0.25, 0.3) is 0 Å². The van der Waals surface area contributed by atoms with Gasteiger partial charge < -0.3 is 0 Å². The molecule has 14 heavy (non-hydrogen) atoms. The second-order valence-electron chi connectivity index (χ2n) is 3.49. The van der Waals surface area contributed by atoms with Crippen LogP contribution in [0.1, 0.15) is 35.4 Å².